The van der Waals surface area contributed by atoms with Crippen LogP contribution in [0.25, 0.3) is 5.52 Å². The number of alkyl carbamates (subject to hydrolysis) is 1. The Kier molecular flexibility index (Phi) is 7.90. The number of carbonyl (C=O) groups excluding carboxylic acids is 2. The number of anilines is 1. The van der Waals surface area contributed by atoms with Gasteiger partial charge in [-0.1, -0.05) is 13.3 Å². The summed E-state index contributed by atoms with van der Waals surface area (Å²) in [6.07, 6.45) is 4.08. The lowest BCUT2D eigenvalue weighted by Crippen LogP contribution is -2.52. The van der Waals surface area contributed by atoms with E-state index in [1.165, 1.54) is 10.6 Å². The summed E-state index contributed by atoms with van der Waals surface area (Å²) in [5, 5.41) is 15.3. The molecule has 3 heterocycles. The fourth-order valence-electron chi connectivity index (χ4n) is 5.52. The molecule has 0 aromatic carbocycles. The molecule has 1 amide bonds. The van der Waals surface area contributed by atoms with E-state index in [0.29, 0.717) is 29.9 Å². The molecule has 1 aliphatic heterocycles. The highest BCUT2D eigenvalue weighted by Gasteiger charge is 2.36. The Balaban J connectivity index is 1.84. The number of esters is 1. The molecule has 4 rings (SSSR count). The maximum atomic E-state index is 13.4. The molecule has 1 saturated heterocycles. The van der Waals surface area contributed by atoms with Crippen LogP contribution in [0, 0.1) is 23.0 Å². The van der Waals surface area contributed by atoms with Gasteiger partial charge in [0.05, 0.1) is 29.3 Å². The van der Waals surface area contributed by atoms with Crippen LogP contribution in [0.15, 0.2) is 17.1 Å². The normalized spacial score (nSPS) is 19.6. The molecule has 2 aromatic rings. The van der Waals surface area contributed by atoms with E-state index in [4.69, 9.17) is 9.47 Å². The monoisotopic (exact) mass is 542 g/mol. The third kappa shape index (κ3) is 6.02. The van der Waals surface area contributed by atoms with E-state index in [1.807, 2.05) is 4.90 Å². The molecule has 2 aliphatic rings. The fourth-order valence-corrected chi connectivity index (χ4v) is 5.52. The van der Waals surface area contributed by atoms with Gasteiger partial charge in [0.25, 0.3) is 5.56 Å². The van der Waals surface area contributed by atoms with Crippen LogP contribution in [0.1, 0.15) is 87.7 Å². The van der Waals surface area contributed by atoms with Gasteiger partial charge in [-0.05, 0) is 77.3 Å². The van der Waals surface area contributed by atoms with Crippen molar-refractivity contribution in [3.8, 4) is 0 Å². The highest BCUT2D eigenvalue weighted by molar-refractivity contribution is 5.91. The van der Waals surface area contributed by atoms with Crippen LogP contribution in [0.5, 0.6) is 0 Å². The van der Waals surface area contributed by atoms with Gasteiger partial charge in [0.2, 0.25) is 0 Å². The third-order valence-corrected chi connectivity index (χ3v) is 7.33. The smallest absolute Gasteiger partial charge is 0.407 e. The molecule has 11 nitrogen and oxygen atoms in total. The second kappa shape index (κ2) is 10.9. The van der Waals surface area contributed by atoms with Crippen molar-refractivity contribution in [2.24, 2.45) is 5.92 Å². The van der Waals surface area contributed by atoms with Crippen molar-refractivity contribution in [1.29, 1.82) is 0 Å². The van der Waals surface area contributed by atoms with Crippen molar-refractivity contribution in [3.05, 3.63) is 49.4 Å². The molecule has 2 fully saturated rings. The number of pyridine rings is 2. The number of rotatable bonds is 7. The van der Waals surface area contributed by atoms with Gasteiger partial charge in [-0.15, -0.1) is 0 Å². The highest BCUT2D eigenvalue weighted by atomic mass is 16.6. The standard InChI is InChI=1S/C28H38N4O7/c1-7-17-11-19(29-27(35)39-28(4,5)6)14-30(13-17)24-16(3)23-20(18-9-10-18)12-21(26(34)38-8-2)25(33)31(23)15-22(24)32(36)37/h12,15,17-19H,7-11,13-14H2,1-6H3,(H,29,35)/t17-,19-/m0/s1. The highest BCUT2D eigenvalue weighted by Crippen LogP contribution is 2.45. The lowest BCUT2D eigenvalue weighted by atomic mass is 9.91. The summed E-state index contributed by atoms with van der Waals surface area (Å²) in [5.74, 6) is -0.389. The van der Waals surface area contributed by atoms with Crippen molar-refractivity contribution in [1.82, 2.24) is 9.72 Å². The molecule has 212 valence electrons. The molecule has 0 radical (unpaired) electrons. The van der Waals surface area contributed by atoms with Gasteiger partial charge >= 0.3 is 17.7 Å². The first-order valence-corrected chi connectivity index (χ1v) is 13.6. The first-order chi connectivity index (χ1) is 18.3. The second-order valence-electron chi connectivity index (χ2n) is 11.5. The van der Waals surface area contributed by atoms with Crippen LogP contribution in [-0.2, 0) is 9.47 Å². The third-order valence-electron chi connectivity index (χ3n) is 7.33. The zero-order chi connectivity index (χ0) is 28.6. The van der Waals surface area contributed by atoms with E-state index in [1.54, 1.807) is 40.7 Å². The summed E-state index contributed by atoms with van der Waals surface area (Å²) in [5.41, 5.74) is 0.808. The Morgan fingerprint density at radius 3 is 2.46 bits per heavy atom. The van der Waals surface area contributed by atoms with E-state index in [-0.39, 0.29) is 35.7 Å². The number of aryl methyl sites for hydroxylation is 1. The maximum Gasteiger partial charge on any atom is 0.407 e. The van der Waals surface area contributed by atoms with Gasteiger partial charge in [-0.25, -0.2) is 9.59 Å². The van der Waals surface area contributed by atoms with Crippen LogP contribution in [0.3, 0.4) is 0 Å². The average Bonchev–Trinajstić information content (AvgIpc) is 3.68. The van der Waals surface area contributed by atoms with Gasteiger partial charge < -0.3 is 19.7 Å². The number of carbonyl (C=O) groups is 2. The molecule has 2 atom stereocenters. The van der Waals surface area contributed by atoms with Gasteiger partial charge in [-0.2, -0.15) is 0 Å². The summed E-state index contributed by atoms with van der Waals surface area (Å²) >= 11 is 0. The minimum atomic E-state index is -0.735. The Bertz CT molecular complexity index is 1360. The summed E-state index contributed by atoms with van der Waals surface area (Å²) in [6, 6.07) is 1.33. The molecule has 39 heavy (non-hydrogen) atoms. The topological polar surface area (TPSA) is 132 Å². The predicted molar refractivity (Wildman–Crippen MR) is 147 cm³/mol. The number of hydrogen-bond acceptors (Lipinski definition) is 8. The Labute approximate surface area is 227 Å². The van der Waals surface area contributed by atoms with Crippen molar-refractivity contribution in [2.45, 2.75) is 84.8 Å². The summed E-state index contributed by atoms with van der Waals surface area (Å²) < 4.78 is 11.8. The molecule has 1 N–H and O–H groups in total. The number of aromatic nitrogens is 1. The first-order valence-electron chi connectivity index (χ1n) is 13.6. The minimum absolute atomic E-state index is 0.115. The predicted octanol–water partition coefficient (Wildman–Crippen LogP) is 4.70. The van der Waals surface area contributed by atoms with Crippen LogP contribution >= 0.6 is 0 Å². The Morgan fingerprint density at radius 2 is 1.90 bits per heavy atom. The molecule has 1 saturated carbocycles. The van der Waals surface area contributed by atoms with Crippen molar-refractivity contribution < 1.29 is 24.0 Å². The largest absolute Gasteiger partial charge is 0.462 e. The van der Waals surface area contributed by atoms with E-state index in [2.05, 4.69) is 12.2 Å². The van der Waals surface area contributed by atoms with Crippen molar-refractivity contribution >= 4 is 29.0 Å². The van der Waals surface area contributed by atoms with Crippen LogP contribution in [0.4, 0.5) is 16.2 Å². The molecule has 1 aliphatic carbocycles. The van der Waals surface area contributed by atoms with Gasteiger partial charge in [0, 0.05) is 18.7 Å². The molecule has 0 spiro atoms. The Hall–Kier alpha value is -3.63. The summed E-state index contributed by atoms with van der Waals surface area (Å²) in [4.78, 5) is 52.4. The van der Waals surface area contributed by atoms with Crippen LogP contribution in [-0.4, -0.2) is 52.7 Å². The molecular formula is C28H38N4O7. The molecule has 11 heteroatoms. The number of piperidine rings is 1. The number of fused-ring (bicyclic) bond motifs is 1. The van der Waals surface area contributed by atoms with Gasteiger partial charge in [0.15, 0.2) is 0 Å². The Morgan fingerprint density at radius 1 is 1.21 bits per heavy atom. The van der Waals surface area contributed by atoms with E-state index < -0.39 is 28.1 Å². The quantitative estimate of drug-likeness (QED) is 0.302. The summed E-state index contributed by atoms with van der Waals surface area (Å²) in [7, 11) is 0. The van der Waals surface area contributed by atoms with E-state index in [0.717, 1.165) is 31.2 Å². The van der Waals surface area contributed by atoms with Gasteiger partial charge in [0.1, 0.15) is 16.9 Å². The number of hydrogen-bond donors (Lipinski definition) is 1. The molecule has 0 bridgehead atoms. The van der Waals surface area contributed by atoms with Crippen molar-refractivity contribution in [2.75, 3.05) is 24.6 Å². The zero-order valence-corrected chi connectivity index (χ0v) is 23.5. The minimum Gasteiger partial charge on any atom is -0.462 e. The molecule has 2 aromatic heterocycles. The van der Waals surface area contributed by atoms with Gasteiger partial charge in [-0.3, -0.25) is 19.3 Å². The van der Waals surface area contributed by atoms with Crippen LogP contribution < -0.4 is 15.8 Å². The summed E-state index contributed by atoms with van der Waals surface area (Å²) in [6.45, 7) is 11.9. The van der Waals surface area contributed by atoms with E-state index >= 15 is 0 Å². The molecule has 0 unspecified atom stereocenters. The second-order valence-corrected chi connectivity index (χ2v) is 11.5. The SMILES string of the molecule is CCOC(=O)c1cc(C2CC2)c2c(C)c(N3C[C@@H](CC)C[C@H](NC(=O)OC(C)(C)C)C3)c([N+](=O)[O-])cn2c1=O. The number of nitrogens with one attached hydrogen (secondary N) is 1. The number of ether oxygens (including phenoxy) is 2. The fraction of sp³-hybridized carbons (Fsp3) is 0.607. The van der Waals surface area contributed by atoms with Crippen molar-refractivity contribution in [3.63, 3.8) is 0 Å². The first kappa shape index (κ1) is 28.4. The zero-order valence-electron chi connectivity index (χ0n) is 23.5. The average molecular weight is 543 g/mol. The number of amides is 1. The number of nitrogens with zero attached hydrogens (tertiary/aromatic N) is 3. The van der Waals surface area contributed by atoms with E-state index in [9.17, 15) is 24.5 Å². The van der Waals surface area contributed by atoms with Crippen LogP contribution in [0.2, 0.25) is 0 Å². The lowest BCUT2D eigenvalue weighted by Gasteiger charge is -2.39. The number of nitro groups is 1. The maximum absolute atomic E-state index is 13.4. The molecular weight excluding hydrogens is 504 g/mol. The lowest BCUT2D eigenvalue weighted by molar-refractivity contribution is -0.384.